The molecule has 0 radical (unpaired) electrons. The van der Waals surface area contributed by atoms with E-state index in [4.69, 9.17) is 0 Å². The molecule has 2 heteroatoms. The van der Waals surface area contributed by atoms with Crippen molar-refractivity contribution >= 4 is 0 Å². The summed E-state index contributed by atoms with van der Waals surface area (Å²) >= 11 is 0. The number of nitrogens with zero attached hydrogens (tertiary/aromatic N) is 1. The minimum atomic E-state index is 0.728. The highest BCUT2D eigenvalue weighted by atomic mass is 15.1. The molecule has 2 nitrogen and oxygen atoms in total. The molecule has 2 fully saturated rings. The highest BCUT2D eigenvalue weighted by molar-refractivity contribution is 4.86. The van der Waals surface area contributed by atoms with Gasteiger partial charge in [0.2, 0.25) is 0 Å². The highest BCUT2D eigenvalue weighted by Gasteiger charge is 2.32. The molecule has 2 aliphatic rings. The van der Waals surface area contributed by atoms with Gasteiger partial charge in [0.25, 0.3) is 0 Å². The third-order valence-electron chi connectivity index (χ3n) is 4.45. The molecule has 88 valence electrons. The molecule has 0 aromatic heterocycles. The fraction of sp³-hybridized carbons (Fsp3) is 1.00. The predicted octanol–water partition coefficient (Wildman–Crippen LogP) is 1.96. The largest absolute Gasteiger partial charge is 0.314 e. The summed E-state index contributed by atoms with van der Waals surface area (Å²) in [6.07, 6.45) is 4.21. The van der Waals surface area contributed by atoms with Crippen LogP contribution in [0.15, 0.2) is 0 Å². The molecule has 0 amide bonds. The molecule has 0 aromatic carbocycles. The summed E-state index contributed by atoms with van der Waals surface area (Å²) < 4.78 is 0. The van der Waals surface area contributed by atoms with Gasteiger partial charge in [0, 0.05) is 6.04 Å². The molecule has 3 atom stereocenters. The predicted molar refractivity (Wildman–Crippen MR) is 65.0 cm³/mol. The minimum Gasteiger partial charge on any atom is -0.314 e. The Morgan fingerprint density at radius 1 is 1.33 bits per heavy atom. The van der Waals surface area contributed by atoms with Gasteiger partial charge in [-0.05, 0) is 70.6 Å². The molecule has 1 heterocycles. The van der Waals surface area contributed by atoms with E-state index in [-0.39, 0.29) is 0 Å². The number of hydrogen-bond acceptors (Lipinski definition) is 2. The van der Waals surface area contributed by atoms with E-state index in [1.807, 2.05) is 0 Å². The van der Waals surface area contributed by atoms with Crippen LogP contribution in [-0.4, -0.2) is 37.6 Å². The normalized spacial score (nSPS) is 35.4. The van der Waals surface area contributed by atoms with Gasteiger partial charge in [-0.1, -0.05) is 6.92 Å². The summed E-state index contributed by atoms with van der Waals surface area (Å²) in [5.41, 5.74) is 0. The second-order valence-electron chi connectivity index (χ2n) is 5.81. The van der Waals surface area contributed by atoms with Crippen LogP contribution in [0, 0.1) is 17.8 Å². The van der Waals surface area contributed by atoms with Crippen molar-refractivity contribution in [1.82, 2.24) is 10.2 Å². The molecule has 1 aliphatic heterocycles. The van der Waals surface area contributed by atoms with Gasteiger partial charge in [0.1, 0.15) is 0 Å². The zero-order valence-corrected chi connectivity index (χ0v) is 10.5. The Balaban J connectivity index is 1.64. The molecule has 0 spiro atoms. The van der Waals surface area contributed by atoms with Crippen LogP contribution in [0.25, 0.3) is 0 Å². The molecule has 1 aliphatic carbocycles. The third-order valence-corrected chi connectivity index (χ3v) is 4.45. The maximum absolute atomic E-state index is 3.74. The van der Waals surface area contributed by atoms with Crippen molar-refractivity contribution < 1.29 is 0 Å². The first kappa shape index (κ1) is 11.4. The fourth-order valence-corrected chi connectivity index (χ4v) is 2.72. The average molecular weight is 210 g/mol. The molecule has 2 rings (SSSR count). The first-order valence-corrected chi connectivity index (χ1v) is 6.58. The SMILES string of the molecule is CC1CC1CNC(C)C1CCN(C)CC1. The lowest BCUT2D eigenvalue weighted by Gasteiger charge is -2.33. The second-order valence-corrected chi connectivity index (χ2v) is 5.81. The van der Waals surface area contributed by atoms with Crippen LogP contribution in [0.5, 0.6) is 0 Å². The molecule has 15 heavy (non-hydrogen) atoms. The van der Waals surface area contributed by atoms with Crippen LogP contribution in [0.2, 0.25) is 0 Å². The van der Waals surface area contributed by atoms with E-state index < -0.39 is 0 Å². The van der Waals surface area contributed by atoms with Gasteiger partial charge in [0.05, 0.1) is 0 Å². The number of likely N-dealkylation sites (tertiary alicyclic amines) is 1. The maximum Gasteiger partial charge on any atom is 0.00680 e. The summed E-state index contributed by atoms with van der Waals surface area (Å²) in [5, 5.41) is 3.74. The lowest BCUT2D eigenvalue weighted by Crippen LogP contribution is -2.41. The van der Waals surface area contributed by atoms with Crippen molar-refractivity contribution in [3.05, 3.63) is 0 Å². The first-order valence-electron chi connectivity index (χ1n) is 6.58. The Bertz CT molecular complexity index is 197. The van der Waals surface area contributed by atoms with E-state index in [2.05, 4.69) is 31.1 Å². The Labute approximate surface area is 94.4 Å². The quantitative estimate of drug-likeness (QED) is 0.763. The van der Waals surface area contributed by atoms with Crippen LogP contribution >= 0.6 is 0 Å². The van der Waals surface area contributed by atoms with Gasteiger partial charge in [-0.3, -0.25) is 0 Å². The smallest absolute Gasteiger partial charge is 0.00680 e. The molecule has 0 aromatic rings. The van der Waals surface area contributed by atoms with Gasteiger partial charge in [-0.15, -0.1) is 0 Å². The van der Waals surface area contributed by atoms with Crippen LogP contribution in [0.3, 0.4) is 0 Å². The standard InChI is InChI=1S/C13H26N2/c1-10-8-13(10)9-14-11(2)12-4-6-15(3)7-5-12/h10-14H,4-9H2,1-3H3. The van der Waals surface area contributed by atoms with Crippen LogP contribution in [0.1, 0.15) is 33.1 Å². The fourth-order valence-electron chi connectivity index (χ4n) is 2.72. The molecular formula is C13H26N2. The molecule has 1 saturated carbocycles. The van der Waals surface area contributed by atoms with Crippen molar-refractivity contribution in [2.75, 3.05) is 26.7 Å². The number of piperidine rings is 1. The van der Waals surface area contributed by atoms with Gasteiger partial charge in [0.15, 0.2) is 0 Å². The highest BCUT2D eigenvalue weighted by Crippen LogP contribution is 2.37. The lowest BCUT2D eigenvalue weighted by atomic mass is 9.90. The number of rotatable bonds is 4. The molecular weight excluding hydrogens is 184 g/mol. The van der Waals surface area contributed by atoms with Gasteiger partial charge in [-0.25, -0.2) is 0 Å². The van der Waals surface area contributed by atoms with E-state index in [0.29, 0.717) is 0 Å². The Kier molecular flexibility index (Phi) is 3.68. The second kappa shape index (κ2) is 4.84. The maximum atomic E-state index is 3.74. The first-order chi connectivity index (χ1) is 7.16. The van der Waals surface area contributed by atoms with Crippen LogP contribution in [0.4, 0.5) is 0 Å². The van der Waals surface area contributed by atoms with Crippen molar-refractivity contribution in [3.8, 4) is 0 Å². The minimum absolute atomic E-state index is 0.728. The van der Waals surface area contributed by atoms with E-state index in [9.17, 15) is 0 Å². The van der Waals surface area contributed by atoms with E-state index in [0.717, 1.165) is 23.8 Å². The Morgan fingerprint density at radius 2 is 1.93 bits per heavy atom. The zero-order chi connectivity index (χ0) is 10.8. The van der Waals surface area contributed by atoms with Crippen molar-refractivity contribution in [1.29, 1.82) is 0 Å². The lowest BCUT2D eigenvalue weighted by molar-refractivity contribution is 0.189. The van der Waals surface area contributed by atoms with Crippen molar-refractivity contribution in [2.24, 2.45) is 17.8 Å². The Morgan fingerprint density at radius 3 is 2.47 bits per heavy atom. The number of nitrogens with one attached hydrogen (secondary N) is 1. The Hall–Kier alpha value is -0.0800. The molecule has 1 N–H and O–H groups in total. The summed E-state index contributed by atoms with van der Waals surface area (Å²) in [7, 11) is 2.24. The third kappa shape index (κ3) is 3.18. The summed E-state index contributed by atoms with van der Waals surface area (Å²) in [6.45, 7) is 8.58. The molecule has 0 bridgehead atoms. The van der Waals surface area contributed by atoms with Gasteiger partial charge < -0.3 is 10.2 Å². The van der Waals surface area contributed by atoms with Gasteiger partial charge in [-0.2, -0.15) is 0 Å². The van der Waals surface area contributed by atoms with Gasteiger partial charge >= 0.3 is 0 Å². The topological polar surface area (TPSA) is 15.3 Å². The van der Waals surface area contributed by atoms with Crippen molar-refractivity contribution in [2.45, 2.75) is 39.2 Å². The zero-order valence-electron chi connectivity index (χ0n) is 10.5. The summed E-state index contributed by atoms with van der Waals surface area (Å²) in [5.74, 6) is 2.89. The average Bonchev–Trinajstić information content (AvgIpc) is 2.92. The van der Waals surface area contributed by atoms with Crippen LogP contribution < -0.4 is 5.32 Å². The number of hydrogen-bond donors (Lipinski definition) is 1. The summed E-state index contributed by atoms with van der Waals surface area (Å²) in [4.78, 5) is 2.45. The molecule has 1 saturated heterocycles. The molecule has 3 unspecified atom stereocenters. The van der Waals surface area contributed by atoms with E-state index >= 15 is 0 Å². The van der Waals surface area contributed by atoms with Crippen LogP contribution in [-0.2, 0) is 0 Å². The monoisotopic (exact) mass is 210 g/mol. The van der Waals surface area contributed by atoms with Crippen molar-refractivity contribution in [3.63, 3.8) is 0 Å². The van der Waals surface area contributed by atoms with E-state index in [1.165, 1.54) is 38.9 Å². The summed E-state index contributed by atoms with van der Waals surface area (Å²) in [6, 6.07) is 0.728. The van der Waals surface area contributed by atoms with E-state index in [1.54, 1.807) is 0 Å².